The molecule has 0 unspecified atom stereocenters. The van der Waals surface area contributed by atoms with Crippen molar-refractivity contribution < 1.29 is 12.9 Å². The maximum absolute atomic E-state index is 12.5. The van der Waals surface area contributed by atoms with Crippen LogP contribution in [0.1, 0.15) is 4.88 Å². The molecule has 0 aliphatic heterocycles. The average molecular weight is 438 g/mol. The van der Waals surface area contributed by atoms with Crippen LogP contribution in [0.15, 0.2) is 62.0 Å². The summed E-state index contributed by atoms with van der Waals surface area (Å²) < 4.78 is 33.0. The lowest BCUT2D eigenvalue weighted by molar-refractivity contribution is 0.432. The molecule has 1 N–H and O–H groups in total. The van der Waals surface area contributed by atoms with Crippen LogP contribution in [0.4, 0.5) is 0 Å². The minimum Gasteiger partial charge on any atom is -0.334 e. The van der Waals surface area contributed by atoms with E-state index in [0.29, 0.717) is 16.4 Å². The van der Waals surface area contributed by atoms with Gasteiger partial charge in [0.1, 0.15) is 4.21 Å². The number of rotatable bonds is 6. The molecule has 3 heterocycles. The van der Waals surface area contributed by atoms with Gasteiger partial charge < -0.3 is 4.52 Å². The summed E-state index contributed by atoms with van der Waals surface area (Å²) in [4.78, 5) is 5.28. The summed E-state index contributed by atoms with van der Waals surface area (Å²) in [5, 5.41) is 8.14. The molecule has 0 bridgehead atoms. The van der Waals surface area contributed by atoms with E-state index in [1.54, 1.807) is 29.6 Å². The summed E-state index contributed by atoms with van der Waals surface area (Å²) in [6.45, 7) is 0.258. The molecule has 10 heteroatoms. The molecule has 6 nitrogen and oxygen atoms in total. The fourth-order valence-electron chi connectivity index (χ4n) is 2.28. The zero-order valence-corrected chi connectivity index (χ0v) is 16.8. The SMILES string of the molecule is O=S(=O)(NCc1cccs1)c1cc(-c2nc(-c3ccc(Cl)cc3)no2)cs1. The summed E-state index contributed by atoms with van der Waals surface area (Å²) >= 11 is 8.48. The van der Waals surface area contributed by atoms with E-state index in [2.05, 4.69) is 14.9 Å². The third-order valence-electron chi connectivity index (χ3n) is 3.63. The lowest BCUT2D eigenvalue weighted by Gasteiger charge is -2.02. The van der Waals surface area contributed by atoms with E-state index in [1.165, 1.54) is 17.4 Å². The minimum absolute atomic E-state index is 0.195. The van der Waals surface area contributed by atoms with Gasteiger partial charge in [0.2, 0.25) is 15.8 Å². The number of aromatic nitrogens is 2. The zero-order valence-electron chi connectivity index (χ0n) is 13.6. The number of hydrogen-bond donors (Lipinski definition) is 1. The summed E-state index contributed by atoms with van der Waals surface area (Å²) in [5.41, 5.74) is 1.32. The third-order valence-corrected chi connectivity index (χ3v) is 7.60. The van der Waals surface area contributed by atoms with Crippen molar-refractivity contribution in [3.63, 3.8) is 0 Å². The van der Waals surface area contributed by atoms with Crippen LogP contribution in [0.25, 0.3) is 22.8 Å². The van der Waals surface area contributed by atoms with Crippen LogP contribution in [-0.2, 0) is 16.6 Å². The number of sulfonamides is 1. The maximum Gasteiger partial charge on any atom is 0.259 e. The van der Waals surface area contributed by atoms with Crippen molar-refractivity contribution in [2.24, 2.45) is 0 Å². The van der Waals surface area contributed by atoms with Gasteiger partial charge in [-0.25, -0.2) is 13.1 Å². The Morgan fingerprint density at radius 3 is 2.67 bits per heavy atom. The minimum atomic E-state index is -3.60. The van der Waals surface area contributed by atoms with E-state index in [-0.39, 0.29) is 16.6 Å². The normalized spacial score (nSPS) is 11.7. The highest BCUT2D eigenvalue weighted by atomic mass is 35.5. The molecule has 0 aliphatic carbocycles. The van der Waals surface area contributed by atoms with Gasteiger partial charge >= 0.3 is 0 Å². The number of hydrogen-bond acceptors (Lipinski definition) is 7. The van der Waals surface area contributed by atoms with Crippen molar-refractivity contribution in [1.29, 1.82) is 0 Å². The Morgan fingerprint density at radius 2 is 1.93 bits per heavy atom. The van der Waals surface area contributed by atoms with Gasteiger partial charge in [-0.2, -0.15) is 4.98 Å². The van der Waals surface area contributed by atoms with Crippen LogP contribution in [-0.4, -0.2) is 18.6 Å². The topological polar surface area (TPSA) is 85.1 Å². The Labute approximate surface area is 168 Å². The fraction of sp³-hybridized carbons (Fsp3) is 0.0588. The molecule has 0 aliphatic rings. The van der Waals surface area contributed by atoms with E-state index >= 15 is 0 Å². The molecule has 0 saturated carbocycles. The number of benzene rings is 1. The van der Waals surface area contributed by atoms with Gasteiger partial charge in [-0.1, -0.05) is 22.8 Å². The molecule has 0 atom stereocenters. The zero-order chi connectivity index (χ0) is 18.9. The van der Waals surface area contributed by atoms with Crippen molar-refractivity contribution in [3.05, 3.63) is 63.1 Å². The maximum atomic E-state index is 12.5. The molecular formula is C17H12ClN3O3S3. The van der Waals surface area contributed by atoms with Crippen molar-refractivity contribution in [1.82, 2.24) is 14.9 Å². The van der Waals surface area contributed by atoms with E-state index in [1.807, 2.05) is 17.5 Å². The number of halogens is 1. The summed E-state index contributed by atoms with van der Waals surface area (Å²) in [5.74, 6) is 0.670. The van der Waals surface area contributed by atoms with Crippen LogP contribution in [0.2, 0.25) is 5.02 Å². The first-order valence-corrected chi connectivity index (χ1v) is 11.3. The van der Waals surface area contributed by atoms with E-state index in [4.69, 9.17) is 16.1 Å². The predicted molar refractivity (Wildman–Crippen MR) is 106 cm³/mol. The number of nitrogens with one attached hydrogen (secondary N) is 1. The highest BCUT2D eigenvalue weighted by Crippen LogP contribution is 2.29. The van der Waals surface area contributed by atoms with Gasteiger partial charge in [0, 0.05) is 27.4 Å². The Bertz CT molecular complexity index is 1150. The second-order valence-electron chi connectivity index (χ2n) is 5.49. The highest BCUT2D eigenvalue weighted by molar-refractivity contribution is 7.91. The molecule has 1 aromatic carbocycles. The summed E-state index contributed by atoms with van der Waals surface area (Å²) in [6, 6.07) is 12.3. The monoisotopic (exact) mass is 437 g/mol. The van der Waals surface area contributed by atoms with Crippen molar-refractivity contribution >= 4 is 44.3 Å². The van der Waals surface area contributed by atoms with E-state index in [0.717, 1.165) is 21.8 Å². The molecule has 0 saturated heterocycles. The smallest absolute Gasteiger partial charge is 0.259 e. The van der Waals surface area contributed by atoms with Crippen molar-refractivity contribution in [2.75, 3.05) is 0 Å². The first-order chi connectivity index (χ1) is 13.0. The molecular weight excluding hydrogens is 426 g/mol. The van der Waals surface area contributed by atoms with Crippen LogP contribution in [0, 0.1) is 0 Å². The molecule has 4 aromatic rings. The lowest BCUT2D eigenvalue weighted by atomic mass is 10.2. The predicted octanol–water partition coefficient (Wildman–Crippen LogP) is 4.66. The standard InChI is InChI=1S/C17H12ClN3O3S3/c18-13-5-3-11(4-6-13)16-20-17(24-21-16)12-8-15(26-10-12)27(22,23)19-9-14-2-1-7-25-14/h1-8,10,19H,9H2. The van der Waals surface area contributed by atoms with Gasteiger partial charge in [-0.05, 0) is 41.8 Å². The Balaban J connectivity index is 1.53. The molecule has 4 rings (SSSR count). The fourth-order valence-corrected chi connectivity index (χ4v) is 5.34. The van der Waals surface area contributed by atoms with Crippen molar-refractivity contribution in [2.45, 2.75) is 10.8 Å². The quantitative estimate of drug-likeness (QED) is 0.474. The summed E-state index contributed by atoms with van der Waals surface area (Å²) in [6.07, 6.45) is 0. The van der Waals surface area contributed by atoms with Gasteiger partial charge in [-0.15, -0.1) is 22.7 Å². The van der Waals surface area contributed by atoms with Gasteiger partial charge in [0.05, 0.1) is 5.56 Å². The molecule has 0 amide bonds. The van der Waals surface area contributed by atoms with Crippen LogP contribution < -0.4 is 4.72 Å². The Hall–Kier alpha value is -2.04. The molecule has 0 spiro atoms. The first-order valence-electron chi connectivity index (χ1n) is 7.72. The van der Waals surface area contributed by atoms with Gasteiger partial charge in [0.25, 0.3) is 5.89 Å². The van der Waals surface area contributed by atoms with Crippen molar-refractivity contribution in [3.8, 4) is 22.8 Å². The van der Waals surface area contributed by atoms with Crippen LogP contribution in [0.3, 0.4) is 0 Å². The summed E-state index contributed by atoms with van der Waals surface area (Å²) in [7, 11) is -3.60. The molecule has 138 valence electrons. The van der Waals surface area contributed by atoms with Gasteiger partial charge in [0.15, 0.2) is 0 Å². The average Bonchev–Trinajstić information content (AvgIpc) is 3.41. The Morgan fingerprint density at radius 1 is 1.11 bits per heavy atom. The highest BCUT2D eigenvalue weighted by Gasteiger charge is 2.20. The van der Waals surface area contributed by atoms with Gasteiger partial charge in [-0.3, -0.25) is 0 Å². The molecule has 3 aromatic heterocycles. The third kappa shape index (κ3) is 4.12. The largest absolute Gasteiger partial charge is 0.334 e. The molecule has 27 heavy (non-hydrogen) atoms. The Kier molecular flexibility index (Phi) is 5.11. The lowest BCUT2D eigenvalue weighted by Crippen LogP contribution is -2.21. The molecule has 0 fully saturated rings. The number of nitrogens with zero attached hydrogens (tertiary/aromatic N) is 2. The number of thiophene rings is 2. The van der Waals surface area contributed by atoms with E-state index in [9.17, 15) is 8.42 Å². The van der Waals surface area contributed by atoms with E-state index < -0.39 is 10.0 Å². The van der Waals surface area contributed by atoms with Crippen LogP contribution >= 0.6 is 34.3 Å². The first kappa shape index (κ1) is 18.3. The van der Waals surface area contributed by atoms with Crippen LogP contribution in [0.5, 0.6) is 0 Å². The second-order valence-corrected chi connectivity index (χ2v) is 9.86. The molecule has 0 radical (unpaired) electrons. The second kappa shape index (κ2) is 7.53.